The molecule has 1 aromatic heterocycles. The van der Waals surface area contributed by atoms with E-state index in [1.54, 1.807) is 0 Å². The summed E-state index contributed by atoms with van der Waals surface area (Å²) in [6.45, 7) is 4.78. The van der Waals surface area contributed by atoms with Crippen molar-refractivity contribution in [1.29, 1.82) is 0 Å². The van der Waals surface area contributed by atoms with E-state index in [-0.39, 0.29) is 5.41 Å². The Morgan fingerprint density at radius 1 is 0.357 bits per heavy atom. The first-order valence-corrected chi connectivity index (χ1v) is 25.2. The Morgan fingerprint density at radius 2 is 0.886 bits per heavy atom. The average molecular weight is 910 g/mol. The lowest BCUT2D eigenvalue weighted by Crippen LogP contribution is -2.28. The first-order chi connectivity index (χ1) is 34.5. The number of benzene rings is 11. The summed E-state index contributed by atoms with van der Waals surface area (Å²) in [4.78, 5) is 2.54. The maximum atomic E-state index is 2.54. The van der Waals surface area contributed by atoms with Gasteiger partial charge < -0.3 is 4.90 Å². The molecule has 0 atom stereocenters. The maximum absolute atomic E-state index is 2.54. The lowest BCUT2D eigenvalue weighted by atomic mass is 9.68. The third-order valence-corrected chi connectivity index (χ3v) is 16.8. The summed E-state index contributed by atoms with van der Waals surface area (Å²) in [5.74, 6) is 0. The molecule has 70 heavy (non-hydrogen) atoms. The van der Waals surface area contributed by atoms with Crippen LogP contribution in [0.4, 0.5) is 17.1 Å². The molecule has 2 heteroatoms. The molecular formula is C68H47NS. The van der Waals surface area contributed by atoms with Gasteiger partial charge in [-0.05, 0) is 113 Å². The van der Waals surface area contributed by atoms with Gasteiger partial charge in [0.1, 0.15) is 0 Å². The van der Waals surface area contributed by atoms with Crippen molar-refractivity contribution in [3.8, 4) is 44.5 Å². The molecule has 0 aliphatic heterocycles. The van der Waals surface area contributed by atoms with E-state index in [0.29, 0.717) is 0 Å². The number of nitrogens with zero attached hydrogens (tertiary/aromatic N) is 1. The zero-order valence-electron chi connectivity index (χ0n) is 39.0. The monoisotopic (exact) mass is 909 g/mol. The molecule has 1 heterocycles. The van der Waals surface area contributed by atoms with Crippen molar-refractivity contribution < 1.29 is 0 Å². The molecule has 0 saturated heterocycles. The van der Waals surface area contributed by atoms with Gasteiger partial charge in [-0.3, -0.25) is 0 Å². The van der Waals surface area contributed by atoms with E-state index < -0.39 is 5.41 Å². The highest BCUT2D eigenvalue weighted by Crippen LogP contribution is 2.60. The Bertz CT molecular complexity index is 4010. The highest BCUT2D eigenvalue weighted by atomic mass is 32.1. The van der Waals surface area contributed by atoms with Gasteiger partial charge in [-0.2, -0.15) is 0 Å². The molecule has 0 bridgehead atoms. The number of rotatable bonds is 7. The molecular weight excluding hydrogens is 863 g/mol. The molecule has 0 spiro atoms. The summed E-state index contributed by atoms with van der Waals surface area (Å²) in [6.07, 6.45) is 0. The molecule has 0 fully saturated rings. The van der Waals surface area contributed by atoms with Crippen molar-refractivity contribution in [2.75, 3.05) is 4.90 Å². The minimum absolute atomic E-state index is 0.158. The molecule has 0 saturated carbocycles. The first kappa shape index (κ1) is 40.7. The average Bonchev–Trinajstić information content (AvgIpc) is 4.04. The molecule has 0 N–H and O–H groups in total. The highest BCUT2D eigenvalue weighted by molar-refractivity contribution is 7.27. The minimum Gasteiger partial charge on any atom is -0.310 e. The number of fused-ring (bicyclic) bond motifs is 11. The molecule has 1 nitrogen and oxygen atoms in total. The summed E-state index contributed by atoms with van der Waals surface area (Å²) >= 11 is 1.91. The van der Waals surface area contributed by atoms with Gasteiger partial charge in [0.05, 0.1) is 11.1 Å². The first-order valence-electron chi connectivity index (χ1n) is 24.4. The normalized spacial score (nSPS) is 13.8. The summed E-state index contributed by atoms with van der Waals surface area (Å²) < 4.78 is 2.65. The largest absolute Gasteiger partial charge is 0.310 e. The van der Waals surface area contributed by atoms with Gasteiger partial charge in [0.15, 0.2) is 0 Å². The van der Waals surface area contributed by atoms with E-state index >= 15 is 0 Å². The second-order valence-electron chi connectivity index (χ2n) is 19.5. The molecule has 2 aliphatic rings. The van der Waals surface area contributed by atoms with Crippen LogP contribution in [0.25, 0.3) is 75.5 Å². The Morgan fingerprint density at radius 3 is 1.64 bits per heavy atom. The smallest absolute Gasteiger partial charge is 0.0714 e. The SMILES string of the molecule is CC1(C)c2ccccc2-c2cccc(-c3cccc(N(c4cccc(-c5cccc6c5sc5c7ccccc7ccc65)c4)c4cccc5c4-c4ccccc4C5(c4ccccc4)c4ccccc4)c3)c21. The van der Waals surface area contributed by atoms with Crippen LogP contribution in [0.15, 0.2) is 249 Å². The highest BCUT2D eigenvalue weighted by Gasteiger charge is 2.47. The molecule has 11 aromatic carbocycles. The zero-order chi connectivity index (χ0) is 46.6. The summed E-state index contributed by atoms with van der Waals surface area (Å²) in [5.41, 5.74) is 20.6. The van der Waals surface area contributed by atoms with Crippen molar-refractivity contribution in [3.05, 3.63) is 282 Å². The van der Waals surface area contributed by atoms with Crippen molar-refractivity contribution in [2.45, 2.75) is 24.7 Å². The topological polar surface area (TPSA) is 3.24 Å². The van der Waals surface area contributed by atoms with Gasteiger partial charge in [-0.15, -0.1) is 11.3 Å². The van der Waals surface area contributed by atoms with Crippen molar-refractivity contribution in [2.24, 2.45) is 0 Å². The second kappa shape index (κ2) is 15.6. The third kappa shape index (κ3) is 5.84. The number of hydrogen-bond acceptors (Lipinski definition) is 2. The Labute approximate surface area is 413 Å². The Kier molecular flexibility index (Phi) is 9.09. The van der Waals surface area contributed by atoms with Gasteiger partial charge in [0.25, 0.3) is 0 Å². The van der Waals surface area contributed by atoms with Gasteiger partial charge in [0, 0.05) is 42.5 Å². The minimum atomic E-state index is -0.536. The van der Waals surface area contributed by atoms with Crippen LogP contribution in [0.1, 0.15) is 47.2 Å². The van der Waals surface area contributed by atoms with E-state index in [9.17, 15) is 0 Å². The Balaban J connectivity index is 1.02. The van der Waals surface area contributed by atoms with Gasteiger partial charge in [-0.25, -0.2) is 0 Å². The fourth-order valence-electron chi connectivity index (χ4n) is 12.6. The van der Waals surface area contributed by atoms with Crippen LogP contribution < -0.4 is 4.90 Å². The molecule has 330 valence electrons. The quantitative estimate of drug-likeness (QED) is 0.154. The second-order valence-corrected chi connectivity index (χ2v) is 20.5. The van der Waals surface area contributed by atoms with Gasteiger partial charge in [-0.1, -0.05) is 232 Å². The predicted molar refractivity (Wildman–Crippen MR) is 297 cm³/mol. The van der Waals surface area contributed by atoms with E-state index in [1.165, 1.54) is 109 Å². The molecule has 0 unspecified atom stereocenters. The van der Waals surface area contributed by atoms with E-state index in [4.69, 9.17) is 0 Å². The van der Waals surface area contributed by atoms with E-state index in [1.807, 2.05) is 11.3 Å². The summed E-state index contributed by atoms with van der Waals surface area (Å²) in [7, 11) is 0. The molecule has 0 amide bonds. The maximum Gasteiger partial charge on any atom is 0.0714 e. The van der Waals surface area contributed by atoms with Crippen molar-refractivity contribution in [3.63, 3.8) is 0 Å². The summed E-state index contributed by atoms with van der Waals surface area (Å²) in [6, 6.07) is 93.0. The summed E-state index contributed by atoms with van der Waals surface area (Å²) in [5, 5.41) is 5.20. The van der Waals surface area contributed by atoms with Crippen LogP contribution in [0, 0.1) is 0 Å². The molecule has 12 aromatic rings. The molecule has 0 radical (unpaired) electrons. The van der Waals surface area contributed by atoms with E-state index in [2.05, 4.69) is 267 Å². The number of anilines is 3. The van der Waals surface area contributed by atoms with Crippen LogP contribution in [-0.2, 0) is 10.8 Å². The molecule has 2 aliphatic carbocycles. The number of thiophene rings is 1. The van der Waals surface area contributed by atoms with Gasteiger partial charge in [0.2, 0.25) is 0 Å². The Hall–Kier alpha value is -8.30. The standard InChI is InChI=1S/C68H47NS/c1-67(2)59-36-13-11-30-54(59)55-34-17-32-51(64(55)67)45-21-15-27-49(42-45)69(50-28-16-22-46(43-50)53-33-18-35-56-57-41-40-44-20-9-10-29-52(44)65(57)70-66(53)56)62-39-19-38-61-63(62)58-31-12-14-37-60(58)68(61,47-23-5-3-6-24-47)48-25-7-4-8-26-48/h3-43H,1-2H3. The van der Waals surface area contributed by atoms with Crippen LogP contribution in [0.3, 0.4) is 0 Å². The lowest BCUT2D eigenvalue weighted by molar-refractivity contribution is 0.662. The predicted octanol–water partition coefficient (Wildman–Crippen LogP) is 18.7. The van der Waals surface area contributed by atoms with Gasteiger partial charge >= 0.3 is 0 Å². The fraction of sp³-hybridized carbons (Fsp3) is 0.0588. The lowest BCUT2D eigenvalue weighted by Gasteiger charge is -2.34. The van der Waals surface area contributed by atoms with Crippen LogP contribution in [0.5, 0.6) is 0 Å². The third-order valence-electron chi connectivity index (χ3n) is 15.5. The zero-order valence-corrected chi connectivity index (χ0v) is 39.8. The van der Waals surface area contributed by atoms with E-state index in [0.717, 1.165) is 17.1 Å². The fourth-order valence-corrected chi connectivity index (χ4v) is 13.9. The molecule has 14 rings (SSSR count). The van der Waals surface area contributed by atoms with Crippen molar-refractivity contribution >= 4 is 59.3 Å². The number of hydrogen-bond donors (Lipinski definition) is 0. The van der Waals surface area contributed by atoms with Crippen LogP contribution in [0.2, 0.25) is 0 Å². The van der Waals surface area contributed by atoms with Crippen molar-refractivity contribution in [1.82, 2.24) is 0 Å². The van der Waals surface area contributed by atoms with Crippen LogP contribution in [-0.4, -0.2) is 0 Å². The van der Waals surface area contributed by atoms with Crippen LogP contribution >= 0.6 is 11.3 Å².